The van der Waals surface area contributed by atoms with Crippen molar-refractivity contribution < 1.29 is 18.0 Å². The highest BCUT2D eigenvalue weighted by molar-refractivity contribution is 6.02. The van der Waals surface area contributed by atoms with Crippen molar-refractivity contribution in [2.24, 2.45) is 0 Å². The van der Waals surface area contributed by atoms with E-state index in [1.54, 1.807) is 36.4 Å². The topological polar surface area (TPSA) is 99.4 Å². The summed E-state index contributed by atoms with van der Waals surface area (Å²) in [6, 6.07) is 15.2. The van der Waals surface area contributed by atoms with Crippen LogP contribution in [0.4, 0.5) is 4.39 Å². The molecular weight excluding hydrogens is 417 g/mol. The van der Waals surface area contributed by atoms with Gasteiger partial charge in [0.2, 0.25) is 11.5 Å². The van der Waals surface area contributed by atoms with Crippen LogP contribution in [0.25, 0.3) is 27.8 Å². The zero-order chi connectivity index (χ0) is 22.2. The number of para-hydroxylation sites is 1. The van der Waals surface area contributed by atoms with Gasteiger partial charge in [-0.2, -0.15) is 0 Å². The molecule has 1 N–H and O–H groups in total. The SMILES string of the molecule is O=C(Cn1c(=O)n(-c2ccc(F)cc2)c(=O)c2oc3ccccc3c21)NCc1ccco1. The highest BCUT2D eigenvalue weighted by Gasteiger charge is 2.22. The van der Waals surface area contributed by atoms with Gasteiger partial charge in [0.1, 0.15) is 29.2 Å². The normalized spacial score (nSPS) is 11.3. The molecule has 0 saturated carbocycles. The number of aromatic nitrogens is 2. The van der Waals surface area contributed by atoms with E-state index in [-0.39, 0.29) is 29.9 Å². The minimum Gasteiger partial charge on any atom is -0.467 e. The lowest BCUT2D eigenvalue weighted by Gasteiger charge is -2.12. The van der Waals surface area contributed by atoms with Gasteiger partial charge < -0.3 is 14.2 Å². The Kier molecular flexibility index (Phi) is 4.70. The van der Waals surface area contributed by atoms with Gasteiger partial charge in [-0.25, -0.2) is 13.8 Å². The molecule has 0 aliphatic rings. The molecule has 1 amide bonds. The molecule has 0 atom stereocenters. The van der Waals surface area contributed by atoms with Crippen molar-refractivity contribution in [2.75, 3.05) is 0 Å². The number of amides is 1. The first-order valence-corrected chi connectivity index (χ1v) is 9.75. The average Bonchev–Trinajstić information content (AvgIpc) is 3.45. The molecule has 5 rings (SSSR count). The fourth-order valence-corrected chi connectivity index (χ4v) is 3.61. The maximum absolute atomic E-state index is 13.4. The third kappa shape index (κ3) is 3.29. The van der Waals surface area contributed by atoms with Gasteiger partial charge in [-0.15, -0.1) is 0 Å². The van der Waals surface area contributed by atoms with E-state index < -0.39 is 23.0 Å². The maximum atomic E-state index is 13.4. The minimum atomic E-state index is -0.742. The first-order valence-electron chi connectivity index (χ1n) is 9.75. The number of carbonyl (C=O) groups excluding carboxylic acids is 1. The Labute approximate surface area is 179 Å². The van der Waals surface area contributed by atoms with E-state index in [4.69, 9.17) is 8.83 Å². The summed E-state index contributed by atoms with van der Waals surface area (Å²) in [6.45, 7) is -0.214. The largest absolute Gasteiger partial charge is 0.467 e. The van der Waals surface area contributed by atoms with E-state index >= 15 is 0 Å². The van der Waals surface area contributed by atoms with Gasteiger partial charge in [0.15, 0.2) is 0 Å². The Bertz CT molecular complexity index is 1560. The van der Waals surface area contributed by atoms with Crippen LogP contribution in [0.2, 0.25) is 0 Å². The predicted molar refractivity (Wildman–Crippen MR) is 114 cm³/mol. The Balaban J connectivity index is 1.68. The summed E-state index contributed by atoms with van der Waals surface area (Å²) in [4.78, 5) is 39.2. The molecule has 0 saturated heterocycles. The molecular formula is C23H16FN3O5. The number of rotatable bonds is 5. The van der Waals surface area contributed by atoms with E-state index in [2.05, 4.69) is 5.32 Å². The standard InChI is InChI=1S/C23H16FN3O5/c24-14-7-9-15(10-8-14)27-22(29)21-20(17-5-1-2-6-18(17)32-21)26(23(27)30)13-19(28)25-12-16-4-3-11-31-16/h1-11H,12-13H2,(H,25,28). The summed E-state index contributed by atoms with van der Waals surface area (Å²) < 4.78 is 26.4. The molecule has 0 aliphatic carbocycles. The molecule has 0 bridgehead atoms. The number of hydrogen-bond donors (Lipinski definition) is 1. The molecule has 0 fully saturated rings. The van der Waals surface area contributed by atoms with E-state index in [1.807, 2.05) is 0 Å². The van der Waals surface area contributed by atoms with Gasteiger partial charge >= 0.3 is 11.2 Å². The second-order valence-electron chi connectivity index (χ2n) is 7.12. The lowest BCUT2D eigenvalue weighted by Crippen LogP contribution is -2.41. The number of nitrogens with zero attached hydrogens (tertiary/aromatic N) is 2. The van der Waals surface area contributed by atoms with Gasteiger partial charge in [-0.1, -0.05) is 12.1 Å². The quantitative estimate of drug-likeness (QED) is 0.460. The molecule has 8 nitrogen and oxygen atoms in total. The van der Waals surface area contributed by atoms with Crippen molar-refractivity contribution in [3.05, 3.63) is 99.3 Å². The Morgan fingerprint density at radius 3 is 2.53 bits per heavy atom. The second-order valence-corrected chi connectivity index (χ2v) is 7.12. The van der Waals surface area contributed by atoms with Gasteiger partial charge in [0.25, 0.3) is 0 Å². The van der Waals surface area contributed by atoms with E-state index in [0.717, 1.165) is 16.7 Å². The second kappa shape index (κ2) is 7.69. The Hall–Kier alpha value is -4.40. The minimum absolute atomic E-state index is 0.0750. The molecule has 0 spiro atoms. The third-order valence-electron chi connectivity index (χ3n) is 5.09. The van der Waals surface area contributed by atoms with Gasteiger partial charge in [0, 0.05) is 5.39 Å². The maximum Gasteiger partial charge on any atom is 0.336 e. The van der Waals surface area contributed by atoms with Gasteiger partial charge in [-0.3, -0.25) is 14.2 Å². The van der Waals surface area contributed by atoms with Crippen LogP contribution in [-0.4, -0.2) is 15.0 Å². The first-order chi connectivity index (χ1) is 15.5. The van der Waals surface area contributed by atoms with Gasteiger partial charge in [-0.05, 0) is 48.5 Å². The Morgan fingerprint density at radius 1 is 1.00 bits per heavy atom. The predicted octanol–water partition coefficient (Wildman–Crippen LogP) is 2.95. The summed E-state index contributed by atoms with van der Waals surface area (Å²) in [6.07, 6.45) is 1.49. The fraction of sp³-hybridized carbons (Fsp3) is 0.0870. The molecule has 5 aromatic rings. The molecule has 0 aliphatic heterocycles. The van der Waals surface area contributed by atoms with Crippen LogP contribution in [0.1, 0.15) is 5.76 Å². The van der Waals surface area contributed by atoms with Crippen molar-refractivity contribution in [3.8, 4) is 5.69 Å². The van der Waals surface area contributed by atoms with Crippen LogP contribution in [-0.2, 0) is 17.9 Å². The highest BCUT2D eigenvalue weighted by Crippen LogP contribution is 2.25. The van der Waals surface area contributed by atoms with Gasteiger partial charge in [0.05, 0.1) is 18.5 Å². The van der Waals surface area contributed by atoms with Crippen LogP contribution in [0, 0.1) is 5.82 Å². The van der Waals surface area contributed by atoms with Crippen molar-refractivity contribution >= 4 is 28.0 Å². The molecule has 3 heterocycles. The molecule has 0 unspecified atom stereocenters. The summed E-state index contributed by atoms with van der Waals surface area (Å²) in [7, 11) is 0. The molecule has 9 heteroatoms. The van der Waals surface area contributed by atoms with Crippen LogP contribution in [0.3, 0.4) is 0 Å². The third-order valence-corrected chi connectivity index (χ3v) is 5.09. The number of nitrogens with one attached hydrogen (secondary N) is 1. The van der Waals surface area contributed by atoms with Crippen molar-refractivity contribution in [1.82, 2.24) is 14.5 Å². The molecule has 2 aromatic carbocycles. The summed E-state index contributed by atoms with van der Waals surface area (Å²) >= 11 is 0. The van der Waals surface area contributed by atoms with E-state index in [1.165, 1.54) is 23.0 Å². The zero-order valence-corrected chi connectivity index (χ0v) is 16.6. The van der Waals surface area contributed by atoms with E-state index in [9.17, 15) is 18.8 Å². The van der Waals surface area contributed by atoms with Crippen LogP contribution >= 0.6 is 0 Å². The van der Waals surface area contributed by atoms with Crippen LogP contribution in [0.15, 0.2) is 85.4 Å². The monoisotopic (exact) mass is 433 g/mol. The molecule has 160 valence electrons. The van der Waals surface area contributed by atoms with Crippen LogP contribution < -0.4 is 16.6 Å². The number of benzene rings is 2. The average molecular weight is 433 g/mol. The number of furan rings is 2. The molecule has 0 radical (unpaired) electrons. The number of carbonyl (C=O) groups is 1. The molecule has 3 aromatic heterocycles. The number of halogens is 1. The summed E-state index contributed by atoms with van der Waals surface area (Å²) in [5.74, 6) is -0.412. The summed E-state index contributed by atoms with van der Waals surface area (Å²) in [5.41, 5.74) is -0.723. The lowest BCUT2D eigenvalue weighted by molar-refractivity contribution is -0.121. The molecule has 32 heavy (non-hydrogen) atoms. The van der Waals surface area contributed by atoms with Crippen molar-refractivity contribution in [2.45, 2.75) is 13.1 Å². The fourth-order valence-electron chi connectivity index (χ4n) is 3.61. The number of fused-ring (bicyclic) bond motifs is 3. The smallest absolute Gasteiger partial charge is 0.336 e. The van der Waals surface area contributed by atoms with Crippen LogP contribution in [0.5, 0.6) is 0 Å². The first kappa shape index (κ1) is 19.6. The number of hydrogen-bond acceptors (Lipinski definition) is 5. The van der Waals surface area contributed by atoms with Crippen molar-refractivity contribution in [1.29, 1.82) is 0 Å². The van der Waals surface area contributed by atoms with E-state index in [0.29, 0.717) is 16.7 Å². The highest BCUT2D eigenvalue weighted by atomic mass is 19.1. The summed E-state index contributed by atoms with van der Waals surface area (Å²) in [5, 5.41) is 3.22. The van der Waals surface area contributed by atoms with Crippen molar-refractivity contribution in [3.63, 3.8) is 0 Å². The zero-order valence-electron chi connectivity index (χ0n) is 16.6. The Morgan fingerprint density at radius 2 is 1.78 bits per heavy atom. The lowest BCUT2D eigenvalue weighted by atomic mass is 10.2.